The summed E-state index contributed by atoms with van der Waals surface area (Å²) >= 11 is 0. The van der Waals surface area contributed by atoms with Gasteiger partial charge in [-0.05, 0) is 49.4 Å². The Hall–Kier alpha value is -2.25. The fourth-order valence-electron chi connectivity index (χ4n) is 2.90. The van der Waals surface area contributed by atoms with E-state index in [4.69, 9.17) is 4.74 Å². The van der Waals surface area contributed by atoms with Crippen LogP contribution in [0.2, 0.25) is 0 Å². The van der Waals surface area contributed by atoms with Gasteiger partial charge in [0, 0.05) is 25.2 Å². The maximum absolute atomic E-state index is 12.4. The summed E-state index contributed by atoms with van der Waals surface area (Å²) in [5.74, 6) is -1.25. The standard InChI is InChI=1S/C19H25F3N2O3/c1-2-3-12-27-16-6-4-15(5-7-16)17(25)23-13-14-8-10-24(11-9-14)18(26)19(20,21)22/h4-7,14H,2-3,8-13H2,1H3,(H,23,25). The Morgan fingerprint density at radius 1 is 1.19 bits per heavy atom. The number of unbranched alkanes of at least 4 members (excludes halogenated alkanes) is 1. The van der Waals surface area contributed by atoms with Gasteiger partial charge < -0.3 is 15.0 Å². The van der Waals surface area contributed by atoms with Gasteiger partial charge in [-0.1, -0.05) is 13.3 Å². The molecule has 2 rings (SSSR count). The Bertz CT molecular complexity index is 624. The Kier molecular flexibility index (Phi) is 7.50. The number of hydrogen-bond donors (Lipinski definition) is 1. The van der Waals surface area contributed by atoms with Crippen LogP contribution in [0.15, 0.2) is 24.3 Å². The van der Waals surface area contributed by atoms with Crippen molar-refractivity contribution in [3.8, 4) is 5.75 Å². The summed E-state index contributed by atoms with van der Waals surface area (Å²) in [6.07, 6.45) is -1.94. The van der Waals surface area contributed by atoms with Gasteiger partial charge in [-0.2, -0.15) is 13.2 Å². The number of piperidine rings is 1. The third-order valence-corrected chi connectivity index (χ3v) is 4.58. The predicted octanol–water partition coefficient (Wildman–Crippen LogP) is 3.40. The molecule has 1 heterocycles. The summed E-state index contributed by atoms with van der Waals surface area (Å²) in [5.41, 5.74) is 0.502. The molecule has 1 fully saturated rings. The average molecular weight is 386 g/mol. The molecule has 1 saturated heterocycles. The number of carbonyl (C=O) groups excluding carboxylic acids is 2. The number of likely N-dealkylation sites (tertiary alicyclic amines) is 1. The Morgan fingerprint density at radius 3 is 2.37 bits per heavy atom. The first-order valence-electron chi connectivity index (χ1n) is 9.18. The van der Waals surface area contributed by atoms with E-state index in [1.807, 2.05) is 0 Å². The summed E-state index contributed by atoms with van der Waals surface area (Å²) in [5, 5.41) is 2.81. The fraction of sp³-hybridized carbons (Fsp3) is 0.579. The van der Waals surface area contributed by atoms with Gasteiger partial charge in [0.15, 0.2) is 0 Å². The van der Waals surface area contributed by atoms with Crippen LogP contribution < -0.4 is 10.1 Å². The molecule has 27 heavy (non-hydrogen) atoms. The molecule has 0 spiro atoms. The molecular weight excluding hydrogens is 361 g/mol. The van der Waals surface area contributed by atoms with Crippen molar-refractivity contribution in [1.82, 2.24) is 10.2 Å². The number of amides is 2. The maximum atomic E-state index is 12.4. The molecule has 0 unspecified atom stereocenters. The van der Waals surface area contributed by atoms with E-state index in [2.05, 4.69) is 12.2 Å². The van der Waals surface area contributed by atoms with Gasteiger partial charge in [-0.25, -0.2) is 0 Å². The van der Waals surface area contributed by atoms with Crippen molar-refractivity contribution in [2.45, 2.75) is 38.8 Å². The smallest absolute Gasteiger partial charge is 0.471 e. The van der Waals surface area contributed by atoms with Crippen molar-refractivity contribution in [3.63, 3.8) is 0 Å². The number of carbonyl (C=O) groups is 2. The maximum Gasteiger partial charge on any atom is 0.471 e. The van der Waals surface area contributed by atoms with Crippen molar-refractivity contribution in [2.75, 3.05) is 26.2 Å². The number of ether oxygens (including phenoxy) is 1. The first kappa shape index (κ1) is 21.1. The molecule has 150 valence electrons. The molecule has 5 nitrogen and oxygen atoms in total. The highest BCUT2D eigenvalue weighted by molar-refractivity contribution is 5.94. The van der Waals surface area contributed by atoms with E-state index < -0.39 is 12.1 Å². The van der Waals surface area contributed by atoms with E-state index in [9.17, 15) is 22.8 Å². The summed E-state index contributed by atoms with van der Waals surface area (Å²) in [6.45, 7) is 3.21. The zero-order chi connectivity index (χ0) is 19.9. The Labute approximate surface area is 156 Å². The van der Waals surface area contributed by atoms with Crippen LogP contribution in [0, 0.1) is 5.92 Å². The molecule has 1 aliphatic heterocycles. The molecule has 0 aromatic heterocycles. The molecule has 1 aliphatic rings. The van der Waals surface area contributed by atoms with Crippen LogP contribution in [0.4, 0.5) is 13.2 Å². The lowest BCUT2D eigenvalue weighted by molar-refractivity contribution is -0.186. The molecule has 1 aromatic carbocycles. The number of benzene rings is 1. The van der Waals surface area contributed by atoms with E-state index >= 15 is 0 Å². The molecule has 0 atom stereocenters. The highest BCUT2D eigenvalue weighted by Gasteiger charge is 2.43. The molecule has 0 aliphatic carbocycles. The summed E-state index contributed by atoms with van der Waals surface area (Å²) in [4.78, 5) is 24.2. The van der Waals surface area contributed by atoms with Crippen LogP contribution in [0.5, 0.6) is 5.75 Å². The minimum absolute atomic E-state index is 0.0582. The van der Waals surface area contributed by atoms with Crippen molar-refractivity contribution in [3.05, 3.63) is 29.8 Å². The molecule has 0 bridgehead atoms. The summed E-state index contributed by atoms with van der Waals surface area (Å²) < 4.78 is 42.8. The molecule has 0 radical (unpaired) electrons. The first-order valence-corrected chi connectivity index (χ1v) is 9.18. The molecular formula is C19H25F3N2O3. The van der Waals surface area contributed by atoms with Crippen molar-refractivity contribution < 1.29 is 27.5 Å². The molecule has 1 N–H and O–H groups in total. The summed E-state index contributed by atoms with van der Waals surface area (Å²) in [7, 11) is 0. The third kappa shape index (κ3) is 6.45. The lowest BCUT2D eigenvalue weighted by atomic mass is 9.96. The molecule has 0 saturated carbocycles. The quantitative estimate of drug-likeness (QED) is 0.731. The highest BCUT2D eigenvalue weighted by Crippen LogP contribution is 2.23. The van der Waals surface area contributed by atoms with Gasteiger partial charge in [-0.3, -0.25) is 9.59 Å². The number of rotatable bonds is 7. The largest absolute Gasteiger partial charge is 0.494 e. The SMILES string of the molecule is CCCCOc1ccc(C(=O)NCC2CCN(C(=O)C(F)(F)F)CC2)cc1. The second-order valence-corrected chi connectivity index (χ2v) is 6.67. The van der Waals surface area contributed by atoms with Gasteiger partial charge in [0.2, 0.25) is 0 Å². The van der Waals surface area contributed by atoms with Gasteiger partial charge in [0.25, 0.3) is 5.91 Å². The number of nitrogens with one attached hydrogen (secondary N) is 1. The van der Waals surface area contributed by atoms with Gasteiger partial charge in [0.1, 0.15) is 5.75 Å². The minimum atomic E-state index is -4.83. The zero-order valence-electron chi connectivity index (χ0n) is 15.3. The second-order valence-electron chi connectivity index (χ2n) is 6.67. The number of hydrogen-bond acceptors (Lipinski definition) is 3. The van der Waals surface area contributed by atoms with Gasteiger partial charge in [0.05, 0.1) is 6.61 Å². The van der Waals surface area contributed by atoms with E-state index in [0.29, 0.717) is 37.3 Å². The fourth-order valence-corrected chi connectivity index (χ4v) is 2.90. The molecule has 1 aromatic rings. The van der Waals surface area contributed by atoms with Gasteiger partial charge >= 0.3 is 12.1 Å². The van der Waals surface area contributed by atoms with Crippen LogP contribution in [-0.4, -0.2) is 49.1 Å². The van der Waals surface area contributed by atoms with Crippen molar-refractivity contribution in [1.29, 1.82) is 0 Å². The van der Waals surface area contributed by atoms with Crippen molar-refractivity contribution >= 4 is 11.8 Å². The molecule has 8 heteroatoms. The average Bonchev–Trinajstić information content (AvgIpc) is 2.66. The van der Waals surface area contributed by atoms with Crippen LogP contribution in [0.1, 0.15) is 43.0 Å². The molecule has 2 amide bonds. The number of halogens is 3. The second kappa shape index (κ2) is 9.62. The lowest BCUT2D eigenvalue weighted by Crippen LogP contribution is -2.46. The topological polar surface area (TPSA) is 58.6 Å². The first-order chi connectivity index (χ1) is 12.8. The normalized spacial score (nSPS) is 15.5. The number of alkyl halides is 3. The van der Waals surface area contributed by atoms with Crippen LogP contribution >= 0.6 is 0 Å². The Morgan fingerprint density at radius 2 is 1.81 bits per heavy atom. The van der Waals surface area contributed by atoms with E-state index in [-0.39, 0.29) is 24.9 Å². The lowest BCUT2D eigenvalue weighted by Gasteiger charge is -2.32. The van der Waals surface area contributed by atoms with Crippen LogP contribution in [0.3, 0.4) is 0 Å². The van der Waals surface area contributed by atoms with Gasteiger partial charge in [-0.15, -0.1) is 0 Å². The Balaban J connectivity index is 1.74. The number of nitrogens with zero attached hydrogens (tertiary/aromatic N) is 1. The predicted molar refractivity (Wildman–Crippen MR) is 94.5 cm³/mol. The van der Waals surface area contributed by atoms with Crippen LogP contribution in [0.25, 0.3) is 0 Å². The van der Waals surface area contributed by atoms with E-state index in [1.165, 1.54) is 0 Å². The third-order valence-electron chi connectivity index (χ3n) is 4.58. The zero-order valence-corrected chi connectivity index (χ0v) is 15.3. The van der Waals surface area contributed by atoms with Crippen LogP contribution in [-0.2, 0) is 4.79 Å². The minimum Gasteiger partial charge on any atom is -0.494 e. The monoisotopic (exact) mass is 386 g/mol. The summed E-state index contributed by atoms with van der Waals surface area (Å²) in [6, 6.07) is 6.85. The van der Waals surface area contributed by atoms with E-state index in [0.717, 1.165) is 17.7 Å². The highest BCUT2D eigenvalue weighted by atomic mass is 19.4. The van der Waals surface area contributed by atoms with E-state index in [1.54, 1.807) is 24.3 Å². The van der Waals surface area contributed by atoms with Crippen molar-refractivity contribution in [2.24, 2.45) is 5.92 Å².